The maximum absolute atomic E-state index is 12.0. The third-order valence-corrected chi connectivity index (χ3v) is 2.92. The van der Waals surface area contributed by atoms with Crippen molar-refractivity contribution >= 4 is 12.1 Å². The number of hydrogen-bond donors (Lipinski definition) is 1. The Hall–Kier alpha value is -1.52. The van der Waals surface area contributed by atoms with Crippen molar-refractivity contribution in [1.82, 2.24) is 5.32 Å². The molecule has 1 aliphatic carbocycles. The molecule has 108 valence electrons. The molecule has 1 saturated carbocycles. The van der Waals surface area contributed by atoms with Crippen LogP contribution in [0.15, 0.2) is 12.7 Å². The number of nitrogens with one attached hydrogen (secondary N) is 1. The number of esters is 1. The van der Waals surface area contributed by atoms with Gasteiger partial charge in [-0.25, -0.2) is 9.59 Å². The molecule has 19 heavy (non-hydrogen) atoms. The van der Waals surface area contributed by atoms with Crippen LogP contribution in [0.1, 0.15) is 40.5 Å². The number of rotatable bonds is 5. The van der Waals surface area contributed by atoms with Crippen molar-refractivity contribution in [3.63, 3.8) is 0 Å². The molecule has 1 amide bonds. The van der Waals surface area contributed by atoms with Crippen LogP contribution in [0.5, 0.6) is 0 Å². The Morgan fingerprint density at radius 2 is 2.11 bits per heavy atom. The first kappa shape index (κ1) is 15.5. The molecule has 0 heterocycles. The molecule has 0 unspecified atom stereocenters. The lowest BCUT2D eigenvalue weighted by Crippen LogP contribution is -2.47. The first-order chi connectivity index (χ1) is 8.75. The Morgan fingerprint density at radius 1 is 1.47 bits per heavy atom. The van der Waals surface area contributed by atoms with Gasteiger partial charge in [0, 0.05) is 0 Å². The Balaban J connectivity index is 2.70. The summed E-state index contributed by atoms with van der Waals surface area (Å²) in [7, 11) is 0. The van der Waals surface area contributed by atoms with Crippen molar-refractivity contribution in [2.45, 2.75) is 51.7 Å². The highest BCUT2D eigenvalue weighted by molar-refractivity contribution is 5.89. The van der Waals surface area contributed by atoms with Gasteiger partial charge in [-0.15, -0.1) is 6.58 Å². The SMILES string of the molecule is C=CC[C@@H]1C[C@]1(NC(=O)OC(C)(C)C)C(=O)OCC. The second kappa shape index (κ2) is 5.63. The molecule has 2 atom stereocenters. The van der Waals surface area contributed by atoms with Gasteiger partial charge in [0.05, 0.1) is 6.61 Å². The molecule has 1 fully saturated rings. The van der Waals surface area contributed by atoms with E-state index < -0.39 is 23.2 Å². The van der Waals surface area contributed by atoms with Gasteiger partial charge < -0.3 is 14.8 Å². The molecule has 0 radical (unpaired) electrons. The van der Waals surface area contributed by atoms with Crippen LogP contribution in [0.2, 0.25) is 0 Å². The largest absolute Gasteiger partial charge is 0.464 e. The summed E-state index contributed by atoms with van der Waals surface area (Å²) in [4.78, 5) is 23.8. The minimum absolute atomic E-state index is 0.0385. The molecule has 0 bridgehead atoms. The van der Waals surface area contributed by atoms with Crippen LogP contribution in [0, 0.1) is 5.92 Å². The summed E-state index contributed by atoms with van der Waals surface area (Å²) in [6, 6.07) is 0. The highest BCUT2D eigenvalue weighted by atomic mass is 16.6. The fourth-order valence-corrected chi connectivity index (χ4v) is 2.02. The van der Waals surface area contributed by atoms with Crippen LogP contribution < -0.4 is 5.32 Å². The third kappa shape index (κ3) is 3.98. The summed E-state index contributed by atoms with van der Waals surface area (Å²) in [6.45, 7) is 11.0. The molecule has 1 N–H and O–H groups in total. The summed E-state index contributed by atoms with van der Waals surface area (Å²) < 4.78 is 10.2. The van der Waals surface area contributed by atoms with Gasteiger partial charge in [0.15, 0.2) is 0 Å². The predicted molar refractivity (Wildman–Crippen MR) is 71.7 cm³/mol. The van der Waals surface area contributed by atoms with Gasteiger partial charge in [0.1, 0.15) is 11.1 Å². The van der Waals surface area contributed by atoms with Crippen molar-refractivity contribution < 1.29 is 19.1 Å². The lowest BCUT2D eigenvalue weighted by atomic mass is 10.1. The first-order valence-electron chi connectivity index (χ1n) is 6.54. The van der Waals surface area contributed by atoms with Gasteiger partial charge in [-0.3, -0.25) is 0 Å². The zero-order chi connectivity index (χ0) is 14.7. The normalized spacial score (nSPS) is 25.4. The van der Waals surface area contributed by atoms with Gasteiger partial charge in [-0.1, -0.05) is 6.08 Å². The van der Waals surface area contributed by atoms with E-state index in [0.29, 0.717) is 12.8 Å². The average Bonchev–Trinajstić information content (AvgIpc) is 2.90. The van der Waals surface area contributed by atoms with E-state index in [1.165, 1.54) is 0 Å². The minimum Gasteiger partial charge on any atom is -0.464 e. The molecule has 5 nitrogen and oxygen atoms in total. The molecule has 0 aromatic heterocycles. The van der Waals surface area contributed by atoms with Crippen LogP contribution in [-0.2, 0) is 14.3 Å². The van der Waals surface area contributed by atoms with Crippen LogP contribution in [0.4, 0.5) is 4.79 Å². The number of carbonyl (C=O) groups is 2. The van der Waals surface area contributed by atoms with E-state index in [-0.39, 0.29) is 12.5 Å². The summed E-state index contributed by atoms with van der Waals surface area (Å²) in [5.41, 5.74) is -1.53. The zero-order valence-corrected chi connectivity index (χ0v) is 12.1. The summed E-state index contributed by atoms with van der Waals surface area (Å²) in [6.07, 6.45) is 2.38. The smallest absolute Gasteiger partial charge is 0.408 e. The minimum atomic E-state index is -0.938. The number of amides is 1. The van der Waals surface area contributed by atoms with Crippen molar-refractivity contribution in [2.24, 2.45) is 5.92 Å². The van der Waals surface area contributed by atoms with E-state index in [1.807, 2.05) is 0 Å². The quantitative estimate of drug-likeness (QED) is 0.615. The Labute approximate surface area is 114 Å². The molecule has 1 rings (SSSR count). The van der Waals surface area contributed by atoms with Crippen molar-refractivity contribution in [1.29, 1.82) is 0 Å². The molecule has 0 aromatic carbocycles. The van der Waals surface area contributed by atoms with Gasteiger partial charge in [-0.2, -0.15) is 0 Å². The lowest BCUT2D eigenvalue weighted by molar-refractivity contribution is -0.147. The third-order valence-electron chi connectivity index (χ3n) is 2.92. The Bertz CT molecular complexity index is 372. The second-order valence-corrected chi connectivity index (χ2v) is 5.74. The number of carbonyl (C=O) groups excluding carboxylic acids is 2. The maximum Gasteiger partial charge on any atom is 0.408 e. The molecular formula is C14H23NO4. The molecule has 0 spiro atoms. The van der Waals surface area contributed by atoms with E-state index in [9.17, 15) is 9.59 Å². The van der Waals surface area contributed by atoms with Gasteiger partial charge >= 0.3 is 12.1 Å². The number of alkyl carbamates (subject to hydrolysis) is 1. The van der Waals surface area contributed by atoms with E-state index >= 15 is 0 Å². The molecular weight excluding hydrogens is 246 g/mol. The topological polar surface area (TPSA) is 64.6 Å². The summed E-state index contributed by atoms with van der Waals surface area (Å²) in [5, 5.41) is 2.66. The van der Waals surface area contributed by atoms with E-state index in [4.69, 9.17) is 9.47 Å². The maximum atomic E-state index is 12.0. The van der Waals surface area contributed by atoms with E-state index in [0.717, 1.165) is 0 Å². The molecule has 0 saturated heterocycles. The molecule has 1 aliphatic rings. The van der Waals surface area contributed by atoms with Gasteiger partial charge in [0.25, 0.3) is 0 Å². The predicted octanol–water partition coefficient (Wildman–Crippen LogP) is 2.41. The Kier molecular flexibility index (Phi) is 4.61. The Morgan fingerprint density at radius 3 is 2.58 bits per heavy atom. The molecule has 0 aromatic rings. The van der Waals surface area contributed by atoms with Gasteiger partial charge in [0.2, 0.25) is 0 Å². The fourth-order valence-electron chi connectivity index (χ4n) is 2.02. The van der Waals surface area contributed by atoms with Crippen LogP contribution in [-0.4, -0.2) is 29.8 Å². The van der Waals surface area contributed by atoms with E-state index in [2.05, 4.69) is 11.9 Å². The highest BCUT2D eigenvalue weighted by Crippen LogP contribution is 2.47. The van der Waals surface area contributed by atoms with Crippen LogP contribution in [0.3, 0.4) is 0 Å². The lowest BCUT2D eigenvalue weighted by Gasteiger charge is -2.23. The molecule has 0 aliphatic heterocycles. The van der Waals surface area contributed by atoms with Crippen molar-refractivity contribution in [3.8, 4) is 0 Å². The zero-order valence-electron chi connectivity index (χ0n) is 12.1. The van der Waals surface area contributed by atoms with Crippen molar-refractivity contribution in [3.05, 3.63) is 12.7 Å². The second-order valence-electron chi connectivity index (χ2n) is 5.74. The van der Waals surface area contributed by atoms with Crippen molar-refractivity contribution in [2.75, 3.05) is 6.61 Å². The van der Waals surface area contributed by atoms with E-state index in [1.54, 1.807) is 33.8 Å². The fraction of sp³-hybridized carbons (Fsp3) is 0.714. The average molecular weight is 269 g/mol. The molecule has 5 heteroatoms. The number of hydrogen-bond acceptors (Lipinski definition) is 4. The summed E-state index contributed by atoms with van der Waals surface area (Å²) in [5.74, 6) is -0.357. The van der Waals surface area contributed by atoms with Gasteiger partial charge in [-0.05, 0) is 46.5 Å². The first-order valence-corrected chi connectivity index (χ1v) is 6.54. The van der Waals surface area contributed by atoms with Crippen LogP contribution >= 0.6 is 0 Å². The summed E-state index contributed by atoms with van der Waals surface area (Å²) >= 11 is 0. The van der Waals surface area contributed by atoms with Crippen LogP contribution in [0.25, 0.3) is 0 Å². The number of allylic oxidation sites excluding steroid dienone is 1. The highest BCUT2D eigenvalue weighted by Gasteiger charge is 2.62. The monoisotopic (exact) mass is 269 g/mol. The standard InChI is InChI=1S/C14H23NO4/c1-6-8-10-9-14(10,11(16)18-7-2)15-12(17)19-13(3,4)5/h6,10H,1,7-9H2,2-5H3,(H,15,17)/t10-,14-/m1/s1. The number of ether oxygens (including phenoxy) is 2.